The number of guanidine groups is 1. The summed E-state index contributed by atoms with van der Waals surface area (Å²) in [4.78, 5) is 6.80. The number of aliphatic imine (C=N–C) groups is 1. The molecular weight excluding hydrogens is 431 g/mol. The van der Waals surface area contributed by atoms with Gasteiger partial charge in [0.2, 0.25) is 0 Å². The van der Waals surface area contributed by atoms with Crippen molar-refractivity contribution in [2.45, 2.75) is 45.4 Å². The Labute approximate surface area is 171 Å². The molecule has 1 fully saturated rings. The highest BCUT2D eigenvalue weighted by atomic mass is 127. The van der Waals surface area contributed by atoms with Gasteiger partial charge in [-0.3, -0.25) is 4.99 Å². The molecule has 0 bridgehead atoms. The van der Waals surface area contributed by atoms with Crippen LogP contribution < -0.4 is 10.6 Å². The quantitative estimate of drug-likeness (QED) is 0.199. The van der Waals surface area contributed by atoms with Gasteiger partial charge in [0.05, 0.1) is 19.8 Å². The summed E-state index contributed by atoms with van der Waals surface area (Å²) in [6.45, 7) is 10.3. The van der Waals surface area contributed by atoms with Crippen molar-refractivity contribution in [2.75, 3.05) is 66.2 Å². The minimum absolute atomic E-state index is 0. The second-order valence-corrected chi connectivity index (χ2v) is 6.26. The fourth-order valence-corrected chi connectivity index (χ4v) is 2.72. The molecule has 0 saturated carbocycles. The second kappa shape index (κ2) is 18.7. The number of hydrogen-bond acceptors (Lipinski definition) is 4. The molecule has 150 valence electrons. The summed E-state index contributed by atoms with van der Waals surface area (Å²) in [5, 5.41) is 6.66. The molecule has 7 heteroatoms. The predicted molar refractivity (Wildman–Crippen MR) is 116 cm³/mol. The minimum Gasteiger partial charge on any atom is -0.379 e. The standard InChI is InChI=1S/C18H38N4O2.HI/c1-3-4-14-23-16-17-24-15-10-21-18(19-2)20-9-13-22-11-7-5-6-8-12-22;/h3-17H2,1-2H3,(H2,19,20,21);1H. The van der Waals surface area contributed by atoms with E-state index >= 15 is 0 Å². The van der Waals surface area contributed by atoms with Gasteiger partial charge in [-0.2, -0.15) is 0 Å². The maximum atomic E-state index is 5.54. The van der Waals surface area contributed by atoms with Crippen LogP contribution in [-0.2, 0) is 9.47 Å². The van der Waals surface area contributed by atoms with Crippen LogP contribution in [0.15, 0.2) is 4.99 Å². The van der Waals surface area contributed by atoms with Gasteiger partial charge in [0.15, 0.2) is 5.96 Å². The maximum absolute atomic E-state index is 5.54. The van der Waals surface area contributed by atoms with E-state index in [9.17, 15) is 0 Å². The molecule has 1 rings (SSSR count). The van der Waals surface area contributed by atoms with Crippen LogP contribution in [0.3, 0.4) is 0 Å². The average molecular weight is 470 g/mol. The largest absolute Gasteiger partial charge is 0.379 e. The fraction of sp³-hybridized carbons (Fsp3) is 0.944. The Morgan fingerprint density at radius 2 is 1.56 bits per heavy atom. The lowest BCUT2D eigenvalue weighted by Gasteiger charge is -2.20. The number of nitrogens with one attached hydrogen (secondary N) is 2. The van der Waals surface area contributed by atoms with Crippen LogP contribution >= 0.6 is 24.0 Å². The highest BCUT2D eigenvalue weighted by molar-refractivity contribution is 14.0. The van der Waals surface area contributed by atoms with Gasteiger partial charge in [-0.05, 0) is 32.4 Å². The Kier molecular flexibility index (Phi) is 18.6. The van der Waals surface area contributed by atoms with Gasteiger partial charge < -0.3 is 25.0 Å². The van der Waals surface area contributed by atoms with E-state index in [1.165, 1.54) is 45.2 Å². The Morgan fingerprint density at radius 3 is 2.20 bits per heavy atom. The van der Waals surface area contributed by atoms with E-state index in [1.807, 2.05) is 7.05 Å². The van der Waals surface area contributed by atoms with E-state index in [4.69, 9.17) is 9.47 Å². The van der Waals surface area contributed by atoms with Crippen molar-refractivity contribution < 1.29 is 9.47 Å². The van der Waals surface area contributed by atoms with Crippen LogP contribution in [0.25, 0.3) is 0 Å². The third kappa shape index (κ3) is 14.7. The molecule has 0 aliphatic carbocycles. The monoisotopic (exact) mass is 470 g/mol. The summed E-state index contributed by atoms with van der Waals surface area (Å²) in [7, 11) is 1.81. The van der Waals surface area contributed by atoms with E-state index in [2.05, 4.69) is 27.4 Å². The molecular formula is C18H39IN4O2. The smallest absolute Gasteiger partial charge is 0.191 e. The molecule has 0 atom stereocenters. The maximum Gasteiger partial charge on any atom is 0.191 e. The SMILES string of the molecule is CCCCOCCOCCNC(=NC)NCCN1CCCCCC1.I. The lowest BCUT2D eigenvalue weighted by molar-refractivity contribution is 0.0487. The van der Waals surface area contributed by atoms with Gasteiger partial charge in [0.25, 0.3) is 0 Å². The minimum atomic E-state index is 0. The first kappa shape index (κ1) is 24.9. The van der Waals surface area contributed by atoms with Crippen LogP contribution in [0, 0.1) is 0 Å². The van der Waals surface area contributed by atoms with Crippen LogP contribution in [-0.4, -0.2) is 77.1 Å². The zero-order chi connectivity index (χ0) is 17.3. The zero-order valence-electron chi connectivity index (χ0n) is 16.2. The van der Waals surface area contributed by atoms with E-state index in [0.29, 0.717) is 19.8 Å². The third-order valence-electron chi connectivity index (χ3n) is 4.20. The average Bonchev–Trinajstić information content (AvgIpc) is 2.87. The molecule has 0 aromatic carbocycles. The fourth-order valence-electron chi connectivity index (χ4n) is 2.72. The highest BCUT2D eigenvalue weighted by Crippen LogP contribution is 2.08. The number of hydrogen-bond donors (Lipinski definition) is 2. The van der Waals surface area contributed by atoms with Crippen LogP contribution in [0.4, 0.5) is 0 Å². The summed E-state index contributed by atoms with van der Waals surface area (Å²) >= 11 is 0. The number of nitrogens with zero attached hydrogens (tertiary/aromatic N) is 2. The molecule has 0 amide bonds. The predicted octanol–water partition coefficient (Wildman–Crippen LogP) is 2.48. The number of halogens is 1. The third-order valence-corrected chi connectivity index (χ3v) is 4.20. The van der Waals surface area contributed by atoms with E-state index < -0.39 is 0 Å². The molecule has 1 aliphatic rings. The first-order chi connectivity index (χ1) is 11.9. The molecule has 1 heterocycles. The van der Waals surface area contributed by atoms with Crippen molar-refractivity contribution >= 4 is 29.9 Å². The number of likely N-dealkylation sites (tertiary alicyclic amines) is 1. The van der Waals surface area contributed by atoms with Crippen molar-refractivity contribution in [3.63, 3.8) is 0 Å². The van der Waals surface area contributed by atoms with Gasteiger partial charge >= 0.3 is 0 Å². The first-order valence-electron chi connectivity index (χ1n) is 9.69. The van der Waals surface area contributed by atoms with Crippen LogP contribution in [0.2, 0.25) is 0 Å². The molecule has 6 nitrogen and oxygen atoms in total. The first-order valence-corrected chi connectivity index (χ1v) is 9.69. The lowest BCUT2D eigenvalue weighted by Crippen LogP contribution is -2.42. The summed E-state index contributed by atoms with van der Waals surface area (Å²) in [5.41, 5.74) is 0. The van der Waals surface area contributed by atoms with E-state index in [-0.39, 0.29) is 24.0 Å². The molecule has 1 aliphatic heterocycles. The Hall–Kier alpha value is -0.120. The van der Waals surface area contributed by atoms with Crippen molar-refractivity contribution in [1.82, 2.24) is 15.5 Å². The Balaban J connectivity index is 0.00000576. The van der Waals surface area contributed by atoms with E-state index in [1.54, 1.807) is 0 Å². The Morgan fingerprint density at radius 1 is 0.920 bits per heavy atom. The molecule has 2 N–H and O–H groups in total. The summed E-state index contributed by atoms with van der Waals surface area (Å²) in [6.07, 6.45) is 7.75. The normalized spacial score (nSPS) is 16.2. The number of rotatable bonds is 12. The molecule has 1 saturated heterocycles. The summed E-state index contributed by atoms with van der Waals surface area (Å²) < 4.78 is 11.0. The molecule has 0 aromatic rings. The molecule has 0 unspecified atom stereocenters. The van der Waals surface area contributed by atoms with Gasteiger partial charge in [-0.25, -0.2) is 0 Å². The molecule has 25 heavy (non-hydrogen) atoms. The van der Waals surface area contributed by atoms with Crippen molar-refractivity contribution in [3.05, 3.63) is 0 Å². The van der Waals surface area contributed by atoms with Crippen molar-refractivity contribution in [2.24, 2.45) is 4.99 Å². The van der Waals surface area contributed by atoms with Crippen LogP contribution in [0.1, 0.15) is 45.4 Å². The summed E-state index contributed by atoms with van der Waals surface area (Å²) in [5.74, 6) is 0.854. The van der Waals surface area contributed by atoms with E-state index in [0.717, 1.165) is 38.6 Å². The lowest BCUT2D eigenvalue weighted by atomic mass is 10.2. The zero-order valence-corrected chi connectivity index (χ0v) is 18.6. The highest BCUT2D eigenvalue weighted by Gasteiger charge is 2.08. The van der Waals surface area contributed by atoms with Gasteiger partial charge in [0.1, 0.15) is 0 Å². The second-order valence-electron chi connectivity index (χ2n) is 6.26. The summed E-state index contributed by atoms with van der Waals surface area (Å²) in [6, 6.07) is 0. The molecule has 0 spiro atoms. The number of ether oxygens (including phenoxy) is 2. The van der Waals surface area contributed by atoms with Crippen molar-refractivity contribution in [3.8, 4) is 0 Å². The van der Waals surface area contributed by atoms with Crippen molar-refractivity contribution in [1.29, 1.82) is 0 Å². The molecule has 0 radical (unpaired) electrons. The van der Waals surface area contributed by atoms with Gasteiger partial charge in [-0.1, -0.05) is 26.2 Å². The van der Waals surface area contributed by atoms with Crippen LogP contribution in [0.5, 0.6) is 0 Å². The topological polar surface area (TPSA) is 58.1 Å². The van der Waals surface area contributed by atoms with Gasteiger partial charge in [-0.15, -0.1) is 24.0 Å². The molecule has 0 aromatic heterocycles. The Bertz CT molecular complexity index is 311. The number of unbranched alkanes of at least 4 members (excludes halogenated alkanes) is 1. The van der Waals surface area contributed by atoms with Gasteiger partial charge in [0, 0.05) is 33.3 Å².